The van der Waals surface area contributed by atoms with E-state index in [0.717, 1.165) is 11.3 Å². The Kier molecular flexibility index (Phi) is 7.22. The zero-order valence-electron chi connectivity index (χ0n) is 19.4. The summed E-state index contributed by atoms with van der Waals surface area (Å²) in [7, 11) is 1.60. The molecule has 0 spiro atoms. The third-order valence-electron chi connectivity index (χ3n) is 5.68. The normalized spacial score (nSPS) is 16.1. The van der Waals surface area contributed by atoms with Crippen molar-refractivity contribution < 1.29 is 23.2 Å². The van der Waals surface area contributed by atoms with Crippen LogP contribution >= 0.6 is 0 Å². The lowest BCUT2D eigenvalue weighted by molar-refractivity contribution is 0.136. The van der Waals surface area contributed by atoms with Crippen LogP contribution in [0.4, 0.5) is 9.18 Å². The monoisotopic (exact) mass is 466 g/mol. The van der Waals surface area contributed by atoms with Crippen LogP contribution in [0.25, 0.3) is 17.0 Å². The zero-order chi connectivity index (χ0) is 24.1. The van der Waals surface area contributed by atoms with Crippen LogP contribution in [-0.2, 0) is 4.74 Å². The number of hydrogen-bond acceptors (Lipinski definition) is 6. The summed E-state index contributed by atoms with van der Waals surface area (Å²) in [5.41, 5.74) is 2.83. The Bertz CT molecular complexity index is 1160. The fraction of sp³-hybridized carbons (Fsp3) is 0.320. The quantitative estimate of drug-likeness (QED) is 0.455. The lowest BCUT2D eigenvalue weighted by Gasteiger charge is -2.35. The van der Waals surface area contributed by atoms with Crippen LogP contribution in [0.2, 0.25) is 0 Å². The van der Waals surface area contributed by atoms with Gasteiger partial charge in [0.25, 0.3) is 5.89 Å². The number of urea groups is 1. The van der Waals surface area contributed by atoms with Crippen LogP contribution in [0, 0.1) is 5.82 Å². The first-order valence-electron chi connectivity index (χ1n) is 11.1. The van der Waals surface area contributed by atoms with Gasteiger partial charge >= 0.3 is 6.03 Å². The molecule has 0 radical (unpaired) electrons. The summed E-state index contributed by atoms with van der Waals surface area (Å²) in [6.07, 6.45) is 0.675. The predicted molar refractivity (Wildman–Crippen MR) is 124 cm³/mol. The molecule has 8 nitrogen and oxygen atoms in total. The van der Waals surface area contributed by atoms with Crippen molar-refractivity contribution in [2.24, 2.45) is 0 Å². The van der Waals surface area contributed by atoms with Crippen LogP contribution in [0.3, 0.4) is 0 Å². The number of nitrogens with zero attached hydrogens (tertiary/aromatic N) is 3. The van der Waals surface area contributed by atoms with Crippen molar-refractivity contribution in [3.8, 4) is 17.1 Å². The van der Waals surface area contributed by atoms with Gasteiger partial charge in [0.15, 0.2) is 0 Å². The third-order valence-corrected chi connectivity index (χ3v) is 5.68. The number of ether oxygens (including phenoxy) is 2. The van der Waals surface area contributed by atoms with Crippen molar-refractivity contribution in [1.82, 2.24) is 20.4 Å². The molecule has 1 N–H and O–H groups in total. The maximum absolute atomic E-state index is 13.6. The van der Waals surface area contributed by atoms with Crippen molar-refractivity contribution in [2.45, 2.75) is 26.3 Å². The number of carbonyl (C=O) groups excluding carboxylic acids is 1. The number of rotatable bonds is 9. The molecule has 9 heteroatoms. The van der Waals surface area contributed by atoms with Crippen LogP contribution in [0.1, 0.15) is 37.8 Å². The summed E-state index contributed by atoms with van der Waals surface area (Å²) in [6, 6.07) is 12.5. The van der Waals surface area contributed by atoms with Gasteiger partial charge in [-0.3, -0.25) is 4.90 Å². The molecule has 0 saturated carbocycles. The van der Waals surface area contributed by atoms with Gasteiger partial charge in [0.1, 0.15) is 11.6 Å². The van der Waals surface area contributed by atoms with Gasteiger partial charge in [-0.1, -0.05) is 17.3 Å². The number of amides is 2. The van der Waals surface area contributed by atoms with Crippen LogP contribution in [0.15, 0.2) is 58.8 Å². The Labute approximate surface area is 197 Å². The Hall–Kier alpha value is -3.72. The topological polar surface area (TPSA) is 89.7 Å². The maximum Gasteiger partial charge on any atom is 0.322 e. The molecule has 3 aromatic rings. The fourth-order valence-electron chi connectivity index (χ4n) is 3.89. The Morgan fingerprint density at radius 1 is 1.15 bits per heavy atom. The second-order valence-corrected chi connectivity index (χ2v) is 7.79. The molecule has 1 atom stereocenters. The first kappa shape index (κ1) is 23.4. The van der Waals surface area contributed by atoms with Gasteiger partial charge in [0.05, 0.1) is 18.7 Å². The highest BCUT2D eigenvalue weighted by Gasteiger charge is 2.35. The number of nitrogens with one attached hydrogen (secondary N) is 1. The van der Waals surface area contributed by atoms with E-state index in [1.807, 2.05) is 38.1 Å². The molecule has 4 rings (SSSR count). The SMILES string of the molecule is CCOCCCN1C(=O)NC(c2ccc(F)cc2)C(c2nc(-c3ccc(OC)cc3)no2)=C1C. The van der Waals surface area contributed by atoms with Crippen LogP contribution in [0.5, 0.6) is 5.75 Å². The maximum atomic E-state index is 13.6. The molecule has 0 fully saturated rings. The summed E-state index contributed by atoms with van der Waals surface area (Å²) in [4.78, 5) is 19.2. The lowest BCUT2D eigenvalue weighted by Crippen LogP contribution is -2.46. The molecular formula is C25H27FN4O4. The first-order valence-corrected chi connectivity index (χ1v) is 11.1. The van der Waals surface area contributed by atoms with Gasteiger partial charge in [-0.25, -0.2) is 9.18 Å². The largest absolute Gasteiger partial charge is 0.497 e. The molecule has 2 amide bonds. The first-order chi connectivity index (χ1) is 16.5. The molecule has 1 unspecified atom stereocenters. The van der Waals surface area contributed by atoms with Gasteiger partial charge in [0.2, 0.25) is 5.82 Å². The molecular weight excluding hydrogens is 439 g/mol. The fourth-order valence-corrected chi connectivity index (χ4v) is 3.89. The average molecular weight is 467 g/mol. The standard InChI is InChI=1S/C25H27FN4O4/c1-4-33-15-5-14-30-16(2)21(22(27-25(30)31)17-6-10-19(26)11-7-17)24-28-23(29-34-24)18-8-12-20(32-3)13-9-18/h6-13,22H,4-5,14-15H2,1-3H3,(H,27,31). The molecule has 0 saturated heterocycles. The van der Waals surface area contributed by atoms with E-state index in [-0.39, 0.29) is 17.7 Å². The summed E-state index contributed by atoms with van der Waals surface area (Å²) in [5, 5.41) is 7.16. The molecule has 34 heavy (non-hydrogen) atoms. The predicted octanol–water partition coefficient (Wildman–Crippen LogP) is 4.81. The smallest absolute Gasteiger partial charge is 0.322 e. The summed E-state index contributed by atoms with van der Waals surface area (Å²) in [5.74, 6) is 1.06. The molecule has 2 aromatic carbocycles. The van der Waals surface area contributed by atoms with E-state index in [9.17, 15) is 9.18 Å². The van der Waals surface area contributed by atoms with Gasteiger partial charge in [-0.15, -0.1) is 0 Å². The minimum atomic E-state index is -0.569. The van der Waals surface area contributed by atoms with Crippen molar-refractivity contribution in [3.63, 3.8) is 0 Å². The second kappa shape index (κ2) is 10.5. The van der Waals surface area contributed by atoms with E-state index in [4.69, 9.17) is 14.0 Å². The van der Waals surface area contributed by atoms with Gasteiger partial charge in [0, 0.05) is 31.0 Å². The minimum Gasteiger partial charge on any atom is -0.497 e. The molecule has 1 aromatic heterocycles. The number of hydrogen-bond donors (Lipinski definition) is 1. The summed E-state index contributed by atoms with van der Waals surface area (Å²) in [6.45, 7) is 5.42. The number of carbonyl (C=O) groups is 1. The second-order valence-electron chi connectivity index (χ2n) is 7.79. The Balaban J connectivity index is 1.71. The van der Waals surface area contributed by atoms with E-state index in [2.05, 4.69) is 15.5 Å². The third kappa shape index (κ3) is 4.94. The Morgan fingerprint density at radius 3 is 2.56 bits per heavy atom. The van der Waals surface area contributed by atoms with E-state index >= 15 is 0 Å². The van der Waals surface area contributed by atoms with Gasteiger partial charge < -0.3 is 19.3 Å². The highest BCUT2D eigenvalue weighted by atomic mass is 19.1. The summed E-state index contributed by atoms with van der Waals surface area (Å²) < 4.78 is 29.9. The minimum absolute atomic E-state index is 0.248. The number of benzene rings is 2. The van der Waals surface area contributed by atoms with Crippen LogP contribution in [-0.4, -0.2) is 47.9 Å². The number of aromatic nitrogens is 2. The number of halogens is 1. The van der Waals surface area contributed by atoms with Crippen molar-refractivity contribution in [1.29, 1.82) is 0 Å². The molecule has 1 aliphatic heterocycles. The molecule has 1 aliphatic rings. The average Bonchev–Trinajstić information content (AvgIpc) is 3.33. The van der Waals surface area contributed by atoms with Crippen molar-refractivity contribution in [2.75, 3.05) is 26.9 Å². The number of allylic oxidation sites excluding steroid dienone is 1. The summed E-state index contributed by atoms with van der Waals surface area (Å²) >= 11 is 0. The zero-order valence-corrected chi connectivity index (χ0v) is 19.4. The van der Waals surface area contributed by atoms with Gasteiger partial charge in [-0.2, -0.15) is 4.98 Å². The van der Waals surface area contributed by atoms with E-state index < -0.39 is 6.04 Å². The van der Waals surface area contributed by atoms with E-state index in [1.54, 1.807) is 24.1 Å². The molecule has 178 valence electrons. The number of methoxy groups -OCH3 is 1. The highest BCUT2D eigenvalue weighted by molar-refractivity contribution is 5.86. The highest BCUT2D eigenvalue weighted by Crippen LogP contribution is 2.37. The van der Waals surface area contributed by atoms with Crippen molar-refractivity contribution in [3.05, 3.63) is 71.5 Å². The van der Waals surface area contributed by atoms with Crippen LogP contribution < -0.4 is 10.1 Å². The van der Waals surface area contributed by atoms with Crippen molar-refractivity contribution >= 4 is 11.6 Å². The van der Waals surface area contributed by atoms with E-state index in [1.165, 1.54) is 12.1 Å². The lowest BCUT2D eigenvalue weighted by atomic mass is 9.94. The molecule has 0 aliphatic carbocycles. The molecule has 2 heterocycles. The van der Waals surface area contributed by atoms with Gasteiger partial charge in [-0.05, 0) is 62.2 Å². The van der Waals surface area contributed by atoms with E-state index in [0.29, 0.717) is 48.8 Å². The molecule has 0 bridgehead atoms. The Morgan fingerprint density at radius 2 is 1.88 bits per heavy atom.